The highest BCUT2D eigenvalue weighted by atomic mass is 15.0. The van der Waals surface area contributed by atoms with Gasteiger partial charge in [-0.25, -0.2) is 0 Å². The molecule has 0 amide bonds. The Kier molecular flexibility index (Phi) is 2.87. The van der Waals surface area contributed by atoms with Gasteiger partial charge >= 0.3 is 0 Å². The molecule has 2 heterocycles. The molecule has 1 aliphatic heterocycles. The Hall–Kier alpha value is -1.32. The monoisotopic (exact) mass is 229 g/mol. The van der Waals surface area contributed by atoms with Crippen LogP contribution in [0.15, 0.2) is 30.5 Å². The smallest absolute Gasteiger partial charge is 0.0481 e. The second-order valence-corrected chi connectivity index (χ2v) is 4.85. The number of para-hydroxylation sites is 1. The van der Waals surface area contributed by atoms with Crippen LogP contribution < -0.4 is 10.6 Å². The molecule has 0 spiro atoms. The number of rotatable bonds is 3. The Morgan fingerprint density at radius 3 is 3.12 bits per heavy atom. The molecule has 17 heavy (non-hydrogen) atoms. The standard InChI is InChI=1S/C14H19N3/c1-17-10-11(8-16-12-6-7-15-9-12)13-4-2-3-5-14(13)17/h2-5,10,12,15-16H,6-9H2,1H3. The summed E-state index contributed by atoms with van der Waals surface area (Å²) in [4.78, 5) is 0. The van der Waals surface area contributed by atoms with Gasteiger partial charge in [0.05, 0.1) is 0 Å². The van der Waals surface area contributed by atoms with Crippen LogP contribution in [0.25, 0.3) is 10.9 Å². The predicted molar refractivity (Wildman–Crippen MR) is 71.0 cm³/mol. The Bertz CT molecular complexity index is 509. The minimum atomic E-state index is 0.633. The number of nitrogens with one attached hydrogen (secondary N) is 2. The minimum absolute atomic E-state index is 0.633. The van der Waals surface area contributed by atoms with Gasteiger partial charge in [-0.05, 0) is 24.6 Å². The maximum atomic E-state index is 3.63. The topological polar surface area (TPSA) is 29.0 Å². The molecule has 0 aliphatic carbocycles. The Morgan fingerprint density at radius 2 is 2.29 bits per heavy atom. The normalized spacial score (nSPS) is 20.2. The molecule has 2 aromatic rings. The predicted octanol–water partition coefficient (Wildman–Crippen LogP) is 1.63. The minimum Gasteiger partial charge on any atom is -0.350 e. The molecule has 1 aromatic heterocycles. The van der Waals surface area contributed by atoms with E-state index in [0.717, 1.165) is 19.6 Å². The molecule has 90 valence electrons. The Morgan fingerprint density at radius 1 is 1.41 bits per heavy atom. The van der Waals surface area contributed by atoms with Crippen LogP contribution in [-0.2, 0) is 13.6 Å². The highest BCUT2D eigenvalue weighted by Gasteiger charge is 2.14. The van der Waals surface area contributed by atoms with Gasteiger partial charge < -0.3 is 15.2 Å². The summed E-state index contributed by atoms with van der Waals surface area (Å²) in [6, 6.07) is 9.23. The van der Waals surface area contributed by atoms with Crippen LogP contribution >= 0.6 is 0 Å². The summed E-state index contributed by atoms with van der Waals surface area (Å²) in [5.41, 5.74) is 2.71. The van der Waals surface area contributed by atoms with Crippen molar-refractivity contribution in [1.29, 1.82) is 0 Å². The summed E-state index contributed by atoms with van der Waals surface area (Å²) in [7, 11) is 2.11. The molecule has 3 nitrogen and oxygen atoms in total. The quantitative estimate of drug-likeness (QED) is 0.837. The van der Waals surface area contributed by atoms with Crippen LogP contribution in [-0.4, -0.2) is 23.7 Å². The summed E-state index contributed by atoms with van der Waals surface area (Å²) in [5, 5.41) is 8.38. The Labute approximate surface area is 102 Å². The van der Waals surface area contributed by atoms with Crippen LogP contribution in [0.5, 0.6) is 0 Å². The fourth-order valence-electron chi connectivity index (χ4n) is 2.65. The molecule has 0 saturated carbocycles. The number of fused-ring (bicyclic) bond motifs is 1. The van der Waals surface area contributed by atoms with E-state index < -0.39 is 0 Å². The molecule has 3 heteroatoms. The molecule has 0 radical (unpaired) electrons. The van der Waals surface area contributed by atoms with Gasteiger partial charge in [-0.1, -0.05) is 18.2 Å². The third-order valence-electron chi connectivity index (χ3n) is 3.62. The average molecular weight is 229 g/mol. The van der Waals surface area contributed by atoms with Crippen molar-refractivity contribution in [3.8, 4) is 0 Å². The molecule has 1 aliphatic rings. The maximum absolute atomic E-state index is 3.63. The van der Waals surface area contributed by atoms with Gasteiger partial charge in [0.25, 0.3) is 0 Å². The number of aryl methyl sites for hydroxylation is 1. The SMILES string of the molecule is Cn1cc(CNC2CCNC2)c2ccccc21. The molecule has 0 bridgehead atoms. The molecule has 1 atom stereocenters. The van der Waals surface area contributed by atoms with E-state index in [4.69, 9.17) is 0 Å². The second kappa shape index (κ2) is 4.51. The summed E-state index contributed by atoms with van der Waals surface area (Å²) in [5.74, 6) is 0. The molecule has 1 saturated heterocycles. The second-order valence-electron chi connectivity index (χ2n) is 4.85. The number of benzene rings is 1. The van der Waals surface area contributed by atoms with Crippen molar-refractivity contribution in [1.82, 2.24) is 15.2 Å². The van der Waals surface area contributed by atoms with E-state index in [9.17, 15) is 0 Å². The van der Waals surface area contributed by atoms with E-state index >= 15 is 0 Å². The lowest BCUT2D eigenvalue weighted by molar-refractivity contribution is 0.548. The van der Waals surface area contributed by atoms with Crippen molar-refractivity contribution >= 4 is 10.9 Å². The zero-order chi connectivity index (χ0) is 11.7. The van der Waals surface area contributed by atoms with Gasteiger partial charge in [0.15, 0.2) is 0 Å². The molecular weight excluding hydrogens is 210 g/mol. The largest absolute Gasteiger partial charge is 0.350 e. The molecule has 1 aromatic carbocycles. The first-order valence-corrected chi connectivity index (χ1v) is 6.31. The van der Waals surface area contributed by atoms with Gasteiger partial charge in [0, 0.05) is 43.3 Å². The third kappa shape index (κ3) is 2.08. The summed E-state index contributed by atoms with van der Waals surface area (Å²) >= 11 is 0. The van der Waals surface area contributed by atoms with Crippen LogP contribution in [0, 0.1) is 0 Å². The van der Waals surface area contributed by atoms with Crippen LogP contribution in [0.2, 0.25) is 0 Å². The highest BCUT2D eigenvalue weighted by Crippen LogP contribution is 2.20. The fourth-order valence-corrected chi connectivity index (χ4v) is 2.65. The molecule has 2 N–H and O–H groups in total. The summed E-state index contributed by atoms with van der Waals surface area (Å²) < 4.78 is 2.21. The first-order chi connectivity index (χ1) is 8.34. The summed E-state index contributed by atoms with van der Waals surface area (Å²) in [6.45, 7) is 3.21. The van der Waals surface area contributed by atoms with Crippen molar-refractivity contribution in [2.45, 2.75) is 19.0 Å². The van der Waals surface area contributed by atoms with Crippen molar-refractivity contribution in [2.75, 3.05) is 13.1 Å². The van der Waals surface area contributed by atoms with Gasteiger partial charge in [0.1, 0.15) is 0 Å². The lowest BCUT2D eigenvalue weighted by Crippen LogP contribution is -2.30. The van der Waals surface area contributed by atoms with Gasteiger partial charge in [-0.15, -0.1) is 0 Å². The number of hydrogen-bond acceptors (Lipinski definition) is 2. The molecule has 1 fully saturated rings. The van der Waals surface area contributed by atoms with E-state index in [2.05, 4.69) is 52.7 Å². The van der Waals surface area contributed by atoms with Crippen molar-refractivity contribution in [2.24, 2.45) is 7.05 Å². The van der Waals surface area contributed by atoms with E-state index in [-0.39, 0.29) is 0 Å². The third-order valence-corrected chi connectivity index (χ3v) is 3.62. The van der Waals surface area contributed by atoms with E-state index in [1.54, 1.807) is 0 Å². The van der Waals surface area contributed by atoms with Crippen LogP contribution in [0.4, 0.5) is 0 Å². The van der Waals surface area contributed by atoms with E-state index in [1.165, 1.54) is 22.9 Å². The van der Waals surface area contributed by atoms with Crippen molar-refractivity contribution < 1.29 is 0 Å². The number of aromatic nitrogens is 1. The molecule has 3 rings (SSSR count). The number of nitrogens with zero attached hydrogens (tertiary/aromatic N) is 1. The fraction of sp³-hybridized carbons (Fsp3) is 0.429. The van der Waals surface area contributed by atoms with Crippen molar-refractivity contribution in [3.05, 3.63) is 36.0 Å². The maximum Gasteiger partial charge on any atom is 0.0481 e. The summed E-state index contributed by atoms with van der Waals surface area (Å²) in [6.07, 6.45) is 3.48. The zero-order valence-electron chi connectivity index (χ0n) is 10.2. The van der Waals surface area contributed by atoms with Gasteiger partial charge in [-0.2, -0.15) is 0 Å². The number of hydrogen-bond donors (Lipinski definition) is 2. The first-order valence-electron chi connectivity index (χ1n) is 6.31. The molecule has 1 unspecified atom stereocenters. The average Bonchev–Trinajstić information content (AvgIpc) is 2.96. The van der Waals surface area contributed by atoms with Crippen LogP contribution in [0.1, 0.15) is 12.0 Å². The molecular formula is C14H19N3. The first kappa shape index (κ1) is 10.8. The van der Waals surface area contributed by atoms with Crippen molar-refractivity contribution in [3.63, 3.8) is 0 Å². The lowest BCUT2D eigenvalue weighted by atomic mass is 10.1. The lowest BCUT2D eigenvalue weighted by Gasteiger charge is -2.10. The Balaban J connectivity index is 1.80. The van der Waals surface area contributed by atoms with Gasteiger partial charge in [0.2, 0.25) is 0 Å². The van der Waals surface area contributed by atoms with Crippen LogP contribution in [0.3, 0.4) is 0 Å². The van der Waals surface area contributed by atoms with E-state index in [0.29, 0.717) is 6.04 Å². The zero-order valence-corrected chi connectivity index (χ0v) is 10.2. The van der Waals surface area contributed by atoms with E-state index in [1.807, 2.05) is 0 Å². The highest BCUT2D eigenvalue weighted by molar-refractivity contribution is 5.83. The van der Waals surface area contributed by atoms with Gasteiger partial charge in [-0.3, -0.25) is 0 Å².